The van der Waals surface area contributed by atoms with E-state index in [4.69, 9.17) is 28.3 Å². The monoisotopic (exact) mass is 330 g/mol. The van der Waals surface area contributed by atoms with Gasteiger partial charge in [0.1, 0.15) is 6.04 Å². The highest BCUT2D eigenvalue weighted by molar-refractivity contribution is 6.35. The van der Waals surface area contributed by atoms with E-state index >= 15 is 0 Å². The lowest BCUT2D eigenvalue weighted by atomic mass is 10.1. The van der Waals surface area contributed by atoms with E-state index in [1.807, 2.05) is 4.90 Å². The number of carbonyl (C=O) groups is 2. The number of benzene rings is 1. The van der Waals surface area contributed by atoms with E-state index < -0.39 is 12.0 Å². The third-order valence-electron chi connectivity index (χ3n) is 3.62. The van der Waals surface area contributed by atoms with Gasteiger partial charge >= 0.3 is 5.97 Å². The van der Waals surface area contributed by atoms with Crippen molar-refractivity contribution in [1.82, 2.24) is 9.80 Å². The highest BCUT2D eigenvalue weighted by Crippen LogP contribution is 2.21. The van der Waals surface area contributed by atoms with Gasteiger partial charge in [-0.15, -0.1) is 0 Å². The number of hydrogen-bond acceptors (Lipinski definition) is 3. The molecule has 0 spiro atoms. The number of carbonyl (C=O) groups excluding carboxylic acids is 1. The lowest BCUT2D eigenvalue weighted by molar-refractivity contribution is -0.143. The Labute approximate surface area is 133 Å². The van der Waals surface area contributed by atoms with E-state index in [0.29, 0.717) is 41.8 Å². The molecule has 1 N–H and O–H groups in total. The molecule has 1 heterocycles. The Bertz CT molecular complexity index is 537. The molecule has 21 heavy (non-hydrogen) atoms. The fraction of sp³-hybridized carbons (Fsp3) is 0.429. The SMILES string of the molecule is C[C@@H](C(=O)O)N1CCN(C(=O)c2cc(Cl)cc(Cl)c2)CC1. The largest absolute Gasteiger partial charge is 0.480 e. The van der Waals surface area contributed by atoms with Gasteiger partial charge < -0.3 is 10.0 Å². The van der Waals surface area contributed by atoms with Crippen LogP contribution in [0.4, 0.5) is 0 Å². The lowest BCUT2D eigenvalue weighted by Crippen LogP contribution is -2.53. The summed E-state index contributed by atoms with van der Waals surface area (Å²) in [7, 11) is 0. The number of halogens is 2. The molecule has 1 atom stereocenters. The first-order valence-electron chi connectivity index (χ1n) is 6.60. The molecular formula is C14H16Cl2N2O3. The van der Waals surface area contributed by atoms with Gasteiger partial charge in [-0.1, -0.05) is 23.2 Å². The number of rotatable bonds is 3. The Morgan fingerprint density at radius 2 is 1.62 bits per heavy atom. The van der Waals surface area contributed by atoms with Gasteiger partial charge in [0, 0.05) is 41.8 Å². The Morgan fingerprint density at radius 1 is 1.10 bits per heavy atom. The molecule has 7 heteroatoms. The lowest BCUT2D eigenvalue weighted by Gasteiger charge is -2.36. The molecular weight excluding hydrogens is 315 g/mol. The zero-order valence-electron chi connectivity index (χ0n) is 11.6. The molecule has 114 valence electrons. The molecule has 0 aromatic heterocycles. The van der Waals surface area contributed by atoms with Crippen LogP contribution >= 0.6 is 23.2 Å². The third-order valence-corrected chi connectivity index (χ3v) is 4.05. The van der Waals surface area contributed by atoms with Crippen molar-refractivity contribution in [1.29, 1.82) is 0 Å². The topological polar surface area (TPSA) is 60.9 Å². The first-order valence-corrected chi connectivity index (χ1v) is 7.36. The molecule has 0 unspecified atom stereocenters. The minimum absolute atomic E-state index is 0.137. The van der Waals surface area contributed by atoms with E-state index in [-0.39, 0.29) is 5.91 Å². The second-order valence-corrected chi connectivity index (χ2v) is 5.87. The molecule has 1 aromatic carbocycles. The minimum Gasteiger partial charge on any atom is -0.480 e. The second-order valence-electron chi connectivity index (χ2n) is 5.00. The molecule has 0 bridgehead atoms. The number of carboxylic acid groups (broad SMARTS) is 1. The maximum Gasteiger partial charge on any atom is 0.320 e. The number of carboxylic acids is 1. The van der Waals surface area contributed by atoms with Crippen LogP contribution in [0.5, 0.6) is 0 Å². The highest BCUT2D eigenvalue weighted by atomic mass is 35.5. The van der Waals surface area contributed by atoms with Crippen molar-refractivity contribution in [2.24, 2.45) is 0 Å². The molecule has 1 saturated heterocycles. The van der Waals surface area contributed by atoms with Gasteiger partial charge in [0.15, 0.2) is 0 Å². The Hall–Kier alpha value is -1.30. The molecule has 1 aromatic rings. The predicted octanol–water partition coefficient (Wildman–Crippen LogP) is 2.22. The van der Waals surface area contributed by atoms with Crippen LogP contribution in [0, 0.1) is 0 Å². The van der Waals surface area contributed by atoms with Gasteiger partial charge in [-0.25, -0.2) is 0 Å². The van der Waals surface area contributed by atoms with Crippen molar-refractivity contribution in [2.45, 2.75) is 13.0 Å². The van der Waals surface area contributed by atoms with Crippen molar-refractivity contribution in [2.75, 3.05) is 26.2 Å². The quantitative estimate of drug-likeness (QED) is 0.923. The predicted molar refractivity (Wildman–Crippen MR) is 81.0 cm³/mol. The molecule has 0 aliphatic carbocycles. The standard InChI is InChI=1S/C14H16Cl2N2O3/c1-9(14(20)21)17-2-4-18(5-3-17)13(19)10-6-11(15)8-12(16)7-10/h6-9H,2-5H2,1H3,(H,20,21)/t9-/m0/s1. The zero-order chi connectivity index (χ0) is 15.6. The van der Waals surface area contributed by atoms with Crippen molar-refractivity contribution in [3.8, 4) is 0 Å². The number of piperazine rings is 1. The number of amides is 1. The van der Waals surface area contributed by atoms with Crippen molar-refractivity contribution in [3.05, 3.63) is 33.8 Å². The van der Waals surface area contributed by atoms with E-state index in [0.717, 1.165) is 0 Å². The van der Waals surface area contributed by atoms with Crippen LogP contribution in [0.15, 0.2) is 18.2 Å². The Morgan fingerprint density at radius 3 is 2.10 bits per heavy atom. The van der Waals surface area contributed by atoms with Crippen LogP contribution in [0.2, 0.25) is 10.0 Å². The van der Waals surface area contributed by atoms with Crippen molar-refractivity contribution in [3.63, 3.8) is 0 Å². The van der Waals surface area contributed by atoms with Gasteiger partial charge in [-0.2, -0.15) is 0 Å². The Kier molecular flexibility index (Phi) is 5.08. The summed E-state index contributed by atoms with van der Waals surface area (Å²) in [5.41, 5.74) is 0.451. The van der Waals surface area contributed by atoms with Crippen LogP contribution in [0.1, 0.15) is 17.3 Å². The summed E-state index contributed by atoms with van der Waals surface area (Å²) in [4.78, 5) is 26.9. The van der Waals surface area contributed by atoms with Crippen molar-refractivity contribution < 1.29 is 14.7 Å². The van der Waals surface area contributed by atoms with Gasteiger partial charge in [-0.3, -0.25) is 14.5 Å². The van der Waals surface area contributed by atoms with E-state index in [1.165, 1.54) is 0 Å². The number of hydrogen-bond donors (Lipinski definition) is 1. The number of nitrogens with zero attached hydrogens (tertiary/aromatic N) is 2. The third kappa shape index (κ3) is 3.87. The Balaban J connectivity index is 2.01. The van der Waals surface area contributed by atoms with E-state index in [9.17, 15) is 9.59 Å². The van der Waals surface area contributed by atoms with Gasteiger partial charge in [-0.05, 0) is 25.1 Å². The average molecular weight is 331 g/mol. The summed E-state index contributed by atoms with van der Waals surface area (Å²) in [6, 6.07) is 4.21. The van der Waals surface area contributed by atoms with Crippen LogP contribution < -0.4 is 0 Å². The van der Waals surface area contributed by atoms with Crippen LogP contribution in [0.25, 0.3) is 0 Å². The summed E-state index contributed by atoms with van der Waals surface area (Å²) >= 11 is 11.8. The molecule has 0 radical (unpaired) electrons. The maximum absolute atomic E-state index is 12.4. The maximum atomic E-state index is 12.4. The summed E-state index contributed by atoms with van der Waals surface area (Å²) < 4.78 is 0. The first kappa shape index (κ1) is 16.1. The fourth-order valence-corrected chi connectivity index (χ4v) is 2.85. The van der Waals surface area contributed by atoms with Gasteiger partial charge in [0.25, 0.3) is 5.91 Å². The highest BCUT2D eigenvalue weighted by Gasteiger charge is 2.27. The van der Waals surface area contributed by atoms with Gasteiger partial charge in [0.05, 0.1) is 0 Å². The van der Waals surface area contributed by atoms with E-state index in [2.05, 4.69) is 0 Å². The summed E-state index contributed by atoms with van der Waals surface area (Å²) in [5.74, 6) is -0.988. The van der Waals surface area contributed by atoms with Crippen LogP contribution in [-0.2, 0) is 4.79 Å². The van der Waals surface area contributed by atoms with Crippen LogP contribution in [0.3, 0.4) is 0 Å². The minimum atomic E-state index is -0.851. The molecule has 1 fully saturated rings. The van der Waals surface area contributed by atoms with Gasteiger partial charge in [0.2, 0.25) is 0 Å². The molecule has 2 rings (SSSR count). The van der Waals surface area contributed by atoms with Crippen molar-refractivity contribution >= 4 is 35.1 Å². The summed E-state index contributed by atoms with van der Waals surface area (Å²) in [6.07, 6.45) is 0. The van der Waals surface area contributed by atoms with E-state index in [1.54, 1.807) is 30.0 Å². The molecule has 1 aliphatic heterocycles. The molecule has 0 saturated carbocycles. The summed E-state index contributed by atoms with van der Waals surface area (Å²) in [5, 5.41) is 9.84. The molecule has 1 aliphatic rings. The summed E-state index contributed by atoms with van der Waals surface area (Å²) in [6.45, 7) is 3.69. The fourth-order valence-electron chi connectivity index (χ4n) is 2.33. The number of aliphatic carboxylic acids is 1. The smallest absolute Gasteiger partial charge is 0.320 e. The zero-order valence-corrected chi connectivity index (χ0v) is 13.1. The first-order chi connectivity index (χ1) is 9.88. The average Bonchev–Trinajstić information content (AvgIpc) is 2.44. The normalized spacial score (nSPS) is 17.6. The van der Waals surface area contributed by atoms with Crippen LogP contribution in [-0.4, -0.2) is 59.0 Å². The molecule has 5 nitrogen and oxygen atoms in total. The second kappa shape index (κ2) is 6.64. The molecule has 1 amide bonds.